The summed E-state index contributed by atoms with van der Waals surface area (Å²) in [5, 5.41) is 4.40. The van der Waals surface area contributed by atoms with Gasteiger partial charge < -0.3 is 4.90 Å². The fraction of sp³-hybridized carbons (Fsp3) is 0.636. The third-order valence-electron chi connectivity index (χ3n) is 3.10. The van der Waals surface area contributed by atoms with Crippen LogP contribution in [0.5, 0.6) is 0 Å². The first-order valence-electron chi connectivity index (χ1n) is 5.38. The molecule has 0 N–H and O–H groups in total. The highest BCUT2D eigenvalue weighted by Crippen LogP contribution is 2.25. The Labute approximate surface area is 89.9 Å². The van der Waals surface area contributed by atoms with Gasteiger partial charge in [-0.25, -0.2) is 0 Å². The molecule has 2 heterocycles. The van der Waals surface area contributed by atoms with E-state index < -0.39 is 0 Å². The zero-order valence-corrected chi connectivity index (χ0v) is 9.31. The number of carbonyl (C=O) groups excluding carboxylic acids is 1. The van der Waals surface area contributed by atoms with Gasteiger partial charge in [0.25, 0.3) is 0 Å². The highest BCUT2D eigenvalue weighted by atomic mass is 16.1. The number of hydrogen-bond donors (Lipinski definition) is 0. The van der Waals surface area contributed by atoms with Gasteiger partial charge >= 0.3 is 0 Å². The molecule has 1 unspecified atom stereocenters. The minimum atomic E-state index is 0.489. The number of aldehydes is 1. The van der Waals surface area contributed by atoms with Gasteiger partial charge in [0.05, 0.1) is 5.69 Å². The van der Waals surface area contributed by atoms with E-state index in [0.717, 1.165) is 18.5 Å². The van der Waals surface area contributed by atoms with Crippen LogP contribution >= 0.6 is 0 Å². The van der Waals surface area contributed by atoms with Gasteiger partial charge in [-0.1, -0.05) is 0 Å². The Balaban J connectivity index is 2.17. The molecule has 1 aliphatic rings. The van der Waals surface area contributed by atoms with Gasteiger partial charge in [0.2, 0.25) is 0 Å². The van der Waals surface area contributed by atoms with Crippen LogP contribution in [0.4, 0.5) is 0 Å². The number of likely N-dealkylation sites (tertiary alicyclic amines) is 1. The minimum Gasteiger partial charge on any atom is -0.306 e. The molecular weight excluding hydrogens is 190 g/mol. The smallest absolute Gasteiger partial charge is 0.168 e. The predicted octanol–water partition coefficient (Wildman–Crippen LogP) is 1.04. The minimum absolute atomic E-state index is 0.489. The van der Waals surface area contributed by atoms with Gasteiger partial charge in [-0.3, -0.25) is 9.48 Å². The molecule has 0 spiro atoms. The second-order valence-electron chi connectivity index (χ2n) is 4.34. The fourth-order valence-corrected chi connectivity index (χ4v) is 2.22. The topological polar surface area (TPSA) is 38.1 Å². The summed E-state index contributed by atoms with van der Waals surface area (Å²) in [6.07, 6.45) is 3.26. The Kier molecular flexibility index (Phi) is 2.86. The summed E-state index contributed by atoms with van der Waals surface area (Å²) in [6.45, 7) is 2.22. The van der Waals surface area contributed by atoms with Crippen LogP contribution in [-0.4, -0.2) is 41.1 Å². The summed E-state index contributed by atoms with van der Waals surface area (Å²) in [7, 11) is 3.95. The molecule has 0 amide bonds. The average Bonchev–Trinajstić information content (AvgIpc) is 2.60. The normalized spacial score (nSPS) is 22.9. The molecule has 1 aromatic rings. The van der Waals surface area contributed by atoms with E-state index in [4.69, 9.17) is 0 Å². The van der Waals surface area contributed by atoms with Gasteiger partial charge in [-0.05, 0) is 32.5 Å². The fourth-order valence-electron chi connectivity index (χ4n) is 2.22. The molecule has 0 radical (unpaired) electrons. The van der Waals surface area contributed by atoms with E-state index >= 15 is 0 Å². The number of piperidine rings is 1. The van der Waals surface area contributed by atoms with Crippen LogP contribution < -0.4 is 0 Å². The number of nitrogens with zero attached hydrogens (tertiary/aromatic N) is 3. The standard InChI is InChI=1S/C11H17N3O/c1-13-5-3-4-9(7-13)11-6-10(8-15)14(2)12-11/h6,8-9H,3-5,7H2,1-2H3. The molecule has 1 aliphatic heterocycles. The van der Waals surface area contributed by atoms with Crippen molar-refractivity contribution in [1.82, 2.24) is 14.7 Å². The number of likely N-dealkylation sites (N-methyl/N-ethyl adjacent to an activating group) is 1. The van der Waals surface area contributed by atoms with Crippen molar-refractivity contribution in [1.29, 1.82) is 0 Å². The van der Waals surface area contributed by atoms with Crippen LogP contribution in [0.15, 0.2) is 6.07 Å². The number of carbonyl (C=O) groups is 1. The first-order chi connectivity index (χ1) is 7.20. The summed E-state index contributed by atoms with van der Waals surface area (Å²) in [5.41, 5.74) is 1.73. The van der Waals surface area contributed by atoms with E-state index in [1.807, 2.05) is 13.1 Å². The van der Waals surface area contributed by atoms with Crippen molar-refractivity contribution in [2.75, 3.05) is 20.1 Å². The quantitative estimate of drug-likeness (QED) is 0.680. The van der Waals surface area contributed by atoms with Crippen molar-refractivity contribution < 1.29 is 4.79 Å². The molecule has 0 aliphatic carbocycles. The highest BCUT2D eigenvalue weighted by Gasteiger charge is 2.21. The summed E-state index contributed by atoms with van der Waals surface area (Å²) < 4.78 is 1.66. The maximum Gasteiger partial charge on any atom is 0.168 e. The van der Waals surface area contributed by atoms with Crippen LogP contribution in [0.1, 0.15) is 34.9 Å². The third kappa shape index (κ3) is 2.09. The Hall–Kier alpha value is -1.16. The lowest BCUT2D eigenvalue weighted by molar-refractivity contribution is 0.111. The maximum atomic E-state index is 10.7. The van der Waals surface area contributed by atoms with Crippen LogP contribution in [0.3, 0.4) is 0 Å². The average molecular weight is 207 g/mol. The number of aromatic nitrogens is 2. The number of hydrogen-bond acceptors (Lipinski definition) is 3. The van der Waals surface area contributed by atoms with E-state index in [9.17, 15) is 4.79 Å². The van der Waals surface area contributed by atoms with E-state index in [1.54, 1.807) is 4.68 Å². The molecule has 1 aromatic heterocycles. The van der Waals surface area contributed by atoms with Crippen LogP contribution in [0.25, 0.3) is 0 Å². The molecule has 4 nitrogen and oxygen atoms in total. The SMILES string of the molecule is CN1CCCC(c2cc(C=O)n(C)n2)C1. The molecule has 0 bridgehead atoms. The lowest BCUT2D eigenvalue weighted by Crippen LogP contribution is -2.31. The summed E-state index contributed by atoms with van der Waals surface area (Å²) in [4.78, 5) is 13.0. The zero-order valence-electron chi connectivity index (χ0n) is 9.31. The van der Waals surface area contributed by atoms with Crippen molar-refractivity contribution in [2.24, 2.45) is 7.05 Å². The summed E-state index contributed by atoms with van der Waals surface area (Å²) >= 11 is 0. The molecule has 4 heteroatoms. The van der Waals surface area contributed by atoms with Gasteiger partial charge in [0.1, 0.15) is 5.69 Å². The molecule has 82 valence electrons. The van der Waals surface area contributed by atoms with Crippen molar-refractivity contribution in [3.8, 4) is 0 Å². The Morgan fingerprint density at radius 3 is 2.93 bits per heavy atom. The molecule has 15 heavy (non-hydrogen) atoms. The highest BCUT2D eigenvalue weighted by molar-refractivity contribution is 5.72. The molecule has 0 aromatic carbocycles. The Bertz CT molecular complexity index is 359. The summed E-state index contributed by atoms with van der Waals surface area (Å²) in [5.74, 6) is 0.489. The molecule has 1 saturated heterocycles. The van der Waals surface area contributed by atoms with Crippen LogP contribution in [0, 0.1) is 0 Å². The van der Waals surface area contributed by atoms with Gasteiger partial charge in [0.15, 0.2) is 6.29 Å². The predicted molar refractivity (Wildman–Crippen MR) is 58.1 cm³/mol. The lowest BCUT2D eigenvalue weighted by atomic mass is 9.95. The van der Waals surface area contributed by atoms with E-state index in [-0.39, 0.29) is 0 Å². The van der Waals surface area contributed by atoms with Gasteiger partial charge in [-0.2, -0.15) is 5.10 Å². The first-order valence-corrected chi connectivity index (χ1v) is 5.38. The van der Waals surface area contributed by atoms with Gasteiger partial charge in [0, 0.05) is 19.5 Å². The Morgan fingerprint density at radius 2 is 2.33 bits per heavy atom. The Morgan fingerprint density at radius 1 is 1.53 bits per heavy atom. The van der Waals surface area contributed by atoms with E-state index in [2.05, 4.69) is 17.0 Å². The van der Waals surface area contributed by atoms with Gasteiger partial charge in [-0.15, -0.1) is 0 Å². The number of aryl methyl sites for hydroxylation is 1. The maximum absolute atomic E-state index is 10.7. The first kappa shape index (κ1) is 10.4. The van der Waals surface area contributed by atoms with Crippen molar-refractivity contribution >= 4 is 6.29 Å². The summed E-state index contributed by atoms with van der Waals surface area (Å²) in [6, 6.07) is 1.91. The van der Waals surface area contributed by atoms with Crippen molar-refractivity contribution in [3.63, 3.8) is 0 Å². The lowest BCUT2D eigenvalue weighted by Gasteiger charge is -2.28. The zero-order chi connectivity index (χ0) is 10.8. The van der Waals surface area contributed by atoms with Crippen molar-refractivity contribution in [3.05, 3.63) is 17.5 Å². The van der Waals surface area contributed by atoms with E-state index in [1.165, 1.54) is 19.4 Å². The second-order valence-corrected chi connectivity index (χ2v) is 4.34. The molecule has 0 saturated carbocycles. The number of rotatable bonds is 2. The second kappa shape index (κ2) is 4.14. The third-order valence-corrected chi connectivity index (χ3v) is 3.10. The molecular formula is C11H17N3O. The van der Waals surface area contributed by atoms with Crippen molar-refractivity contribution in [2.45, 2.75) is 18.8 Å². The largest absolute Gasteiger partial charge is 0.306 e. The molecule has 1 atom stereocenters. The molecule has 1 fully saturated rings. The monoisotopic (exact) mass is 207 g/mol. The molecule has 2 rings (SSSR count). The van der Waals surface area contributed by atoms with E-state index in [0.29, 0.717) is 11.6 Å². The van der Waals surface area contributed by atoms with Crippen LogP contribution in [-0.2, 0) is 7.05 Å². The van der Waals surface area contributed by atoms with Crippen LogP contribution in [0.2, 0.25) is 0 Å².